The number of amides is 1. The van der Waals surface area contributed by atoms with Crippen LogP contribution >= 0.6 is 0 Å². The maximum absolute atomic E-state index is 12.8. The van der Waals surface area contributed by atoms with Crippen molar-refractivity contribution in [3.05, 3.63) is 29.3 Å². The lowest BCUT2D eigenvalue weighted by Gasteiger charge is -2.32. The molecule has 134 valence electrons. The lowest BCUT2D eigenvalue weighted by Crippen LogP contribution is -2.49. The Kier molecular flexibility index (Phi) is 4.25. The molecule has 1 amide bonds. The van der Waals surface area contributed by atoms with Gasteiger partial charge in [-0.3, -0.25) is 15.1 Å². The molecule has 3 fully saturated rings. The number of anilines is 1. The van der Waals surface area contributed by atoms with Crippen LogP contribution in [0.2, 0.25) is 0 Å². The van der Waals surface area contributed by atoms with Crippen LogP contribution < -0.4 is 5.73 Å². The molecule has 25 heavy (non-hydrogen) atoms. The molecule has 0 radical (unpaired) electrons. The molecule has 3 saturated heterocycles. The Bertz CT molecular complexity index is 697. The van der Waals surface area contributed by atoms with Gasteiger partial charge in [-0.2, -0.15) is 0 Å². The van der Waals surface area contributed by atoms with Gasteiger partial charge in [0.15, 0.2) is 0 Å². The topological polar surface area (TPSA) is 82.7 Å². The molecule has 2 atom stereocenters. The number of rotatable bonds is 3. The zero-order valence-electron chi connectivity index (χ0n) is 14.7. The SMILES string of the molecule is CN1CC2CC1CN2C(=O)C(=N)c1ccc(C2CCOCC2)cc1N. The number of benzene rings is 1. The van der Waals surface area contributed by atoms with Gasteiger partial charge < -0.3 is 15.4 Å². The van der Waals surface area contributed by atoms with Crippen molar-refractivity contribution >= 4 is 17.3 Å². The van der Waals surface area contributed by atoms with Crippen molar-refractivity contribution < 1.29 is 9.53 Å². The van der Waals surface area contributed by atoms with Gasteiger partial charge >= 0.3 is 0 Å². The quantitative estimate of drug-likeness (QED) is 0.643. The molecular formula is C19H26N4O2. The number of likely N-dealkylation sites (N-methyl/N-ethyl adjacent to an activating group) is 1. The summed E-state index contributed by atoms with van der Waals surface area (Å²) >= 11 is 0. The van der Waals surface area contributed by atoms with Crippen molar-refractivity contribution in [1.82, 2.24) is 9.80 Å². The molecule has 6 heteroatoms. The van der Waals surface area contributed by atoms with Gasteiger partial charge in [0.1, 0.15) is 5.71 Å². The van der Waals surface area contributed by atoms with Crippen LogP contribution in [0.3, 0.4) is 0 Å². The molecule has 0 spiro atoms. The van der Waals surface area contributed by atoms with E-state index in [-0.39, 0.29) is 17.7 Å². The third-order valence-electron chi connectivity index (χ3n) is 6.03. The first-order valence-corrected chi connectivity index (χ1v) is 9.12. The second-order valence-electron chi connectivity index (χ2n) is 7.55. The molecule has 0 saturated carbocycles. The van der Waals surface area contributed by atoms with Crippen molar-refractivity contribution in [1.29, 1.82) is 5.41 Å². The molecule has 6 nitrogen and oxygen atoms in total. The zero-order chi connectivity index (χ0) is 17.6. The van der Waals surface area contributed by atoms with Gasteiger partial charge in [-0.1, -0.05) is 12.1 Å². The smallest absolute Gasteiger partial charge is 0.272 e. The first kappa shape index (κ1) is 16.5. The number of hydrogen-bond acceptors (Lipinski definition) is 5. The molecule has 4 rings (SSSR count). The molecule has 3 aliphatic rings. The summed E-state index contributed by atoms with van der Waals surface area (Å²) in [6.07, 6.45) is 3.02. The van der Waals surface area contributed by atoms with Crippen LogP contribution in [0, 0.1) is 5.41 Å². The third kappa shape index (κ3) is 2.93. The second-order valence-corrected chi connectivity index (χ2v) is 7.55. The van der Waals surface area contributed by atoms with Gasteiger partial charge in [0, 0.05) is 49.6 Å². The lowest BCUT2D eigenvalue weighted by molar-refractivity contribution is -0.126. The number of carbonyl (C=O) groups is 1. The number of ether oxygens (including phenoxy) is 1. The summed E-state index contributed by atoms with van der Waals surface area (Å²) in [5.74, 6) is 0.269. The van der Waals surface area contributed by atoms with E-state index in [1.807, 2.05) is 23.1 Å². The highest BCUT2D eigenvalue weighted by Gasteiger charge is 2.44. The summed E-state index contributed by atoms with van der Waals surface area (Å²) in [7, 11) is 2.10. The average molecular weight is 342 g/mol. The monoisotopic (exact) mass is 342 g/mol. The van der Waals surface area contributed by atoms with Gasteiger partial charge in [-0.25, -0.2) is 0 Å². The van der Waals surface area contributed by atoms with Gasteiger partial charge in [0.25, 0.3) is 5.91 Å². The Balaban J connectivity index is 1.49. The Morgan fingerprint density at radius 1 is 1.24 bits per heavy atom. The normalized spacial score (nSPS) is 27.0. The number of likely N-dealkylation sites (tertiary alicyclic amines) is 2. The van der Waals surface area contributed by atoms with Crippen LogP contribution in [-0.2, 0) is 9.53 Å². The third-order valence-corrected chi connectivity index (χ3v) is 6.03. The molecule has 2 unspecified atom stereocenters. The molecule has 0 aliphatic carbocycles. The summed E-state index contributed by atoms with van der Waals surface area (Å²) in [6.45, 7) is 3.20. The highest BCUT2D eigenvalue weighted by atomic mass is 16.5. The molecule has 2 bridgehead atoms. The minimum Gasteiger partial charge on any atom is -0.398 e. The fourth-order valence-corrected chi connectivity index (χ4v) is 4.47. The fraction of sp³-hybridized carbons (Fsp3) is 0.579. The standard InChI is InChI=1S/C19H26N4O2/c1-22-10-15-9-14(22)11-23(15)19(24)18(21)16-3-2-13(8-17(16)20)12-4-6-25-7-5-12/h2-3,8,12,14-15,21H,4-7,9-11,20H2,1H3. The molecular weight excluding hydrogens is 316 g/mol. The number of hydrogen-bond donors (Lipinski definition) is 2. The Morgan fingerprint density at radius 3 is 2.60 bits per heavy atom. The number of nitrogens with one attached hydrogen (secondary N) is 1. The van der Waals surface area contributed by atoms with E-state index in [2.05, 4.69) is 11.9 Å². The van der Waals surface area contributed by atoms with E-state index in [9.17, 15) is 4.79 Å². The number of piperazine rings is 1. The van der Waals surface area contributed by atoms with Crippen LogP contribution in [-0.4, -0.2) is 66.9 Å². The van der Waals surface area contributed by atoms with Crippen LogP contribution in [0.15, 0.2) is 18.2 Å². The van der Waals surface area contributed by atoms with E-state index in [1.165, 1.54) is 5.56 Å². The second kappa shape index (κ2) is 6.42. The summed E-state index contributed by atoms with van der Waals surface area (Å²) in [4.78, 5) is 17.0. The van der Waals surface area contributed by atoms with Crippen LogP contribution in [0.1, 0.15) is 36.3 Å². The van der Waals surface area contributed by atoms with Gasteiger partial charge in [0.05, 0.1) is 0 Å². The number of nitrogens with two attached hydrogens (primary N) is 1. The Labute approximate surface area is 148 Å². The fourth-order valence-electron chi connectivity index (χ4n) is 4.47. The molecule has 1 aromatic carbocycles. The van der Waals surface area contributed by atoms with E-state index in [0.717, 1.165) is 45.6 Å². The Morgan fingerprint density at radius 2 is 2.00 bits per heavy atom. The molecule has 3 heterocycles. The molecule has 3 N–H and O–H groups in total. The van der Waals surface area contributed by atoms with E-state index >= 15 is 0 Å². The van der Waals surface area contributed by atoms with E-state index in [4.69, 9.17) is 15.9 Å². The van der Waals surface area contributed by atoms with Gasteiger partial charge in [-0.15, -0.1) is 0 Å². The van der Waals surface area contributed by atoms with Gasteiger partial charge in [0.2, 0.25) is 0 Å². The van der Waals surface area contributed by atoms with Crippen LogP contribution in [0.4, 0.5) is 5.69 Å². The molecule has 0 aromatic heterocycles. The number of carbonyl (C=O) groups excluding carboxylic acids is 1. The first-order valence-electron chi connectivity index (χ1n) is 9.12. The Hall–Kier alpha value is -1.92. The minimum absolute atomic E-state index is 0.0197. The van der Waals surface area contributed by atoms with Crippen molar-refractivity contribution in [3.8, 4) is 0 Å². The first-order chi connectivity index (χ1) is 12.0. The summed E-state index contributed by atoms with van der Waals surface area (Å²) in [5, 5.41) is 8.38. The molecule has 1 aromatic rings. The van der Waals surface area contributed by atoms with Crippen molar-refractivity contribution in [3.63, 3.8) is 0 Å². The lowest BCUT2D eigenvalue weighted by atomic mass is 9.90. The maximum atomic E-state index is 12.8. The van der Waals surface area contributed by atoms with Crippen molar-refractivity contribution in [2.24, 2.45) is 0 Å². The maximum Gasteiger partial charge on any atom is 0.272 e. The van der Waals surface area contributed by atoms with Crippen molar-refractivity contribution in [2.45, 2.75) is 37.3 Å². The summed E-state index contributed by atoms with van der Waals surface area (Å²) in [6, 6.07) is 6.49. The highest BCUT2D eigenvalue weighted by molar-refractivity contribution is 6.45. The van der Waals surface area contributed by atoms with Gasteiger partial charge in [-0.05, 0) is 43.9 Å². The number of fused-ring (bicyclic) bond motifs is 2. The van der Waals surface area contributed by atoms with E-state index in [1.54, 1.807) is 0 Å². The summed E-state index contributed by atoms with van der Waals surface area (Å²) in [5.41, 5.74) is 8.50. The average Bonchev–Trinajstić information content (AvgIpc) is 3.20. The molecule has 3 aliphatic heterocycles. The number of nitrogens with zero attached hydrogens (tertiary/aromatic N) is 2. The highest BCUT2D eigenvalue weighted by Crippen LogP contribution is 2.32. The minimum atomic E-state index is -0.189. The predicted molar refractivity (Wildman–Crippen MR) is 97.0 cm³/mol. The predicted octanol–water partition coefficient (Wildman–Crippen LogP) is 1.45. The number of nitrogen functional groups attached to an aromatic ring is 1. The van der Waals surface area contributed by atoms with E-state index in [0.29, 0.717) is 23.2 Å². The zero-order valence-corrected chi connectivity index (χ0v) is 14.7. The largest absolute Gasteiger partial charge is 0.398 e. The van der Waals surface area contributed by atoms with Crippen LogP contribution in [0.5, 0.6) is 0 Å². The van der Waals surface area contributed by atoms with E-state index < -0.39 is 0 Å². The van der Waals surface area contributed by atoms with Crippen molar-refractivity contribution in [2.75, 3.05) is 39.1 Å². The van der Waals surface area contributed by atoms with Crippen LogP contribution in [0.25, 0.3) is 0 Å². The summed E-state index contributed by atoms with van der Waals surface area (Å²) < 4.78 is 5.41.